The van der Waals surface area contributed by atoms with Crippen LogP contribution in [-0.2, 0) is 6.42 Å². The van der Waals surface area contributed by atoms with Gasteiger partial charge >= 0.3 is 0 Å². The van der Waals surface area contributed by atoms with Crippen molar-refractivity contribution in [3.63, 3.8) is 0 Å². The maximum Gasteiger partial charge on any atom is 0.203 e. The van der Waals surface area contributed by atoms with E-state index in [1.165, 1.54) is 0 Å². The maximum atomic E-state index is 13.7. The number of fused-ring (bicyclic) bond motifs is 2. The van der Waals surface area contributed by atoms with Crippen molar-refractivity contribution in [2.24, 2.45) is 4.99 Å². The first-order chi connectivity index (χ1) is 18.4. The summed E-state index contributed by atoms with van der Waals surface area (Å²) in [5, 5.41) is 12.1. The van der Waals surface area contributed by atoms with Crippen LogP contribution < -0.4 is 19.6 Å². The van der Waals surface area contributed by atoms with Crippen molar-refractivity contribution in [2.75, 3.05) is 47.5 Å². The fourth-order valence-corrected chi connectivity index (χ4v) is 5.46. The average Bonchev–Trinajstić information content (AvgIpc) is 2.94. The molecule has 0 amide bonds. The van der Waals surface area contributed by atoms with Crippen molar-refractivity contribution in [3.8, 4) is 17.2 Å². The highest BCUT2D eigenvalue weighted by Gasteiger charge is 2.32. The smallest absolute Gasteiger partial charge is 0.203 e. The van der Waals surface area contributed by atoms with Crippen LogP contribution >= 0.6 is 11.6 Å². The lowest BCUT2D eigenvalue weighted by atomic mass is 9.80. The van der Waals surface area contributed by atoms with Crippen molar-refractivity contribution >= 4 is 28.2 Å². The average molecular weight is 542 g/mol. The van der Waals surface area contributed by atoms with E-state index >= 15 is 0 Å². The molecule has 0 saturated carbocycles. The van der Waals surface area contributed by atoms with Gasteiger partial charge in [0.2, 0.25) is 5.75 Å². The van der Waals surface area contributed by atoms with Crippen molar-refractivity contribution in [2.45, 2.75) is 39.0 Å². The Labute approximate surface area is 228 Å². The normalized spacial score (nSPS) is 16.2. The first-order valence-electron chi connectivity index (χ1n) is 13.0. The van der Waals surface area contributed by atoms with Crippen LogP contribution in [-0.4, -0.2) is 68.1 Å². The molecule has 9 heteroatoms. The highest BCUT2D eigenvalue weighted by Crippen LogP contribution is 2.43. The molecule has 1 atom stereocenters. The minimum absolute atomic E-state index is 0.0692. The van der Waals surface area contributed by atoms with Crippen molar-refractivity contribution < 1.29 is 19.4 Å². The lowest BCUT2D eigenvalue weighted by molar-refractivity contribution is 0.186. The monoisotopic (exact) mass is 541 g/mol. The number of rotatable bonds is 10. The van der Waals surface area contributed by atoms with E-state index in [4.69, 9.17) is 30.8 Å². The van der Waals surface area contributed by atoms with Gasteiger partial charge in [0.05, 0.1) is 43.5 Å². The summed E-state index contributed by atoms with van der Waals surface area (Å²) < 4.78 is 17.8. The molecule has 1 unspecified atom stereocenters. The molecule has 0 bridgehead atoms. The Kier molecular flexibility index (Phi) is 8.84. The SMILES string of the molecule is CCN(CC)CCCN=C1CC(c2cc(OC)c(OC)c(OC)c2)Cc2c1c(=O)c1cc(Cl)ccc1n2O. The number of methoxy groups -OCH3 is 3. The number of benzene rings is 2. The molecule has 1 aliphatic carbocycles. The summed E-state index contributed by atoms with van der Waals surface area (Å²) in [6.07, 6.45) is 1.86. The molecule has 38 heavy (non-hydrogen) atoms. The van der Waals surface area contributed by atoms with E-state index in [1.54, 1.807) is 39.5 Å². The molecule has 0 fully saturated rings. The number of nitrogens with zero attached hydrogens (tertiary/aromatic N) is 3. The first kappa shape index (κ1) is 27.8. The zero-order valence-corrected chi connectivity index (χ0v) is 23.5. The number of hydrogen-bond donors (Lipinski definition) is 1. The quantitative estimate of drug-likeness (QED) is 0.281. The summed E-state index contributed by atoms with van der Waals surface area (Å²) >= 11 is 6.21. The van der Waals surface area contributed by atoms with E-state index in [1.807, 2.05) is 12.1 Å². The number of pyridine rings is 1. The minimum atomic E-state index is -0.159. The Morgan fingerprint density at radius 1 is 1.05 bits per heavy atom. The van der Waals surface area contributed by atoms with E-state index in [-0.39, 0.29) is 11.3 Å². The van der Waals surface area contributed by atoms with Gasteiger partial charge in [-0.3, -0.25) is 9.79 Å². The van der Waals surface area contributed by atoms with Crippen molar-refractivity contribution in [1.29, 1.82) is 0 Å². The number of hydrogen-bond acceptors (Lipinski definition) is 7. The van der Waals surface area contributed by atoms with Crippen molar-refractivity contribution in [3.05, 3.63) is 62.4 Å². The summed E-state index contributed by atoms with van der Waals surface area (Å²) in [6.45, 7) is 7.79. The van der Waals surface area contributed by atoms with Gasteiger partial charge in [-0.25, -0.2) is 0 Å². The Morgan fingerprint density at radius 3 is 2.34 bits per heavy atom. The predicted octanol–water partition coefficient (Wildman–Crippen LogP) is 5.17. The standard InChI is InChI=1S/C29H36ClN3O5/c1-6-32(7-2)12-8-11-31-22-13-18(19-15-25(36-3)29(38-5)26(16-19)37-4)14-24-27(22)28(34)21-17-20(30)9-10-23(21)33(24)35/h9-10,15-18,35H,6-8,11-14H2,1-5H3. The Bertz CT molecular complexity index is 1370. The van der Waals surface area contributed by atoms with Gasteiger partial charge in [-0.2, -0.15) is 4.73 Å². The molecule has 0 aliphatic heterocycles. The number of ether oxygens (including phenoxy) is 3. The Balaban J connectivity index is 1.82. The molecule has 204 valence electrons. The van der Waals surface area contributed by atoms with Crippen LogP contribution in [0, 0.1) is 0 Å². The largest absolute Gasteiger partial charge is 0.493 e. The molecule has 1 aromatic heterocycles. The van der Waals surface area contributed by atoms with Crippen LogP contribution in [0.3, 0.4) is 0 Å². The number of halogens is 1. The Hall–Kier alpha value is -3.23. The Morgan fingerprint density at radius 2 is 1.74 bits per heavy atom. The van der Waals surface area contributed by atoms with E-state index in [0.717, 1.165) is 36.3 Å². The molecule has 0 radical (unpaired) electrons. The second-order valence-electron chi connectivity index (χ2n) is 9.40. The highest BCUT2D eigenvalue weighted by molar-refractivity contribution is 6.31. The number of aliphatic imine (C=N–C) groups is 1. The van der Waals surface area contributed by atoms with E-state index in [2.05, 4.69) is 18.7 Å². The first-order valence-corrected chi connectivity index (χ1v) is 13.4. The van der Waals surface area contributed by atoms with Crippen LogP contribution in [0.2, 0.25) is 5.02 Å². The molecule has 1 heterocycles. The van der Waals surface area contributed by atoms with Gasteiger partial charge < -0.3 is 24.3 Å². The van der Waals surface area contributed by atoms with Gasteiger partial charge in [-0.1, -0.05) is 25.4 Å². The van der Waals surface area contributed by atoms with Gasteiger partial charge in [-0.15, -0.1) is 0 Å². The van der Waals surface area contributed by atoms with Crippen LogP contribution in [0.1, 0.15) is 49.4 Å². The lowest BCUT2D eigenvalue weighted by Gasteiger charge is -2.29. The van der Waals surface area contributed by atoms with Gasteiger partial charge in [0.25, 0.3) is 0 Å². The summed E-state index contributed by atoms with van der Waals surface area (Å²) in [5.74, 6) is 1.56. The number of aromatic nitrogens is 1. The van der Waals surface area contributed by atoms with Gasteiger partial charge in [0.1, 0.15) is 0 Å². The zero-order chi connectivity index (χ0) is 27.4. The van der Waals surface area contributed by atoms with Gasteiger partial charge in [-0.05, 0) is 80.7 Å². The van der Waals surface area contributed by atoms with Gasteiger partial charge in [0.15, 0.2) is 16.9 Å². The lowest BCUT2D eigenvalue weighted by Crippen LogP contribution is -2.31. The fraction of sp³-hybridized carbons (Fsp3) is 0.448. The van der Waals surface area contributed by atoms with Crippen LogP contribution in [0.15, 0.2) is 40.1 Å². The minimum Gasteiger partial charge on any atom is -0.493 e. The van der Waals surface area contributed by atoms with Crippen LogP contribution in [0.4, 0.5) is 0 Å². The van der Waals surface area contributed by atoms with E-state index in [9.17, 15) is 10.0 Å². The second-order valence-corrected chi connectivity index (χ2v) is 9.83. The van der Waals surface area contributed by atoms with Crippen LogP contribution in [0.5, 0.6) is 17.2 Å². The molecule has 0 saturated heterocycles. The van der Waals surface area contributed by atoms with E-state index < -0.39 is 0 Å². The maximum absolute atomic E-state index is 13.7. The fourth-order valence-electron chi connectivity index (χ4n) is 5.28. The highest BCUT2D eigenvalue weighted by atomic mass is 35.5. The molecule has 1 N–H and O–H groups in total. The molecule has 2 aromatic carbocycles. The third-order valence-corrected chi connectivity index (χ3v) is 7.59. The molecular formula is C29H36ClN3O5. The summed E-state index contributed by atoms with van der Waals surface area (Å²) in [4.78, 5) is 21.0. The topological polar surface area (TPSA) is 85.5 Å². The summed E-state index contributed by atoms with van der Waals surface area (Å²) in [6, 6.07) is 8.80. The summed E-state index contributed by atoms with van der Waals surface area (Å²) in [7, 11) is 4.74. The molecule has 3 aromatic rings. The second kappa shape index (κ2) is 12.1. The van der Waals surface area contributed by atoms with E-state index in [0.29, 0.717) is 69.5 Å². The predicted molar refractivity (Wildman–Crippen MR) is 151 cm³/mol. The van der Waals surface area contributed by atoms with Gasteiger partial charge in [0, 0.05) is 17.3 Å². The molecule has 1 aliphatic rings. The molecule has 4 rings (SSSR count). The third kappa shape index (κ3) is 5.33. The molecular weight excluding hydrogens is 506 g/mol. The van der Waals surface area contributed by atoms with Crippen LogP contribution in [0.25, 0.3) is 10.9 Å². The van der Waals surface area contributed by atoms with Crippen molar-refractivity contribution in [1.82, 2.24) is 9.63 Å². The molecule has 8 nitrogen and oxygen atoms in total. The molecule has 0 spiro atoms. The third-order valence-electron chi connectivity index (χ3n) is 7.36. The zero-order valence-electron chi connectivity index (χ0n) is 22.7. The summed E-state index contributed by atoms with van der Waals surface area (Å²) in [5.41, 5.74) is 2.91.